The van der Waals surface area contributed by atoms with E-state index >= 15 is 0 Å². The van der Waals surface area contributed by atoms with Gasteiger partial charge in [0.15, 0.2) is 0 Å². The topological polar surface area (TPSA) is 33.3 Å². The number of rotatable bonds is 7. The molecule has 28 heavy (non-hydrogen) atoms. The van der Waals surface area contributed by atoms with Crippen molar-refractivity contribution in [2.75, 3.05) is 13.7 Å². The number of hydrogen-bond acceptors (Lipinski definition) is 3. The Morgan fingerprint density at radius 3 is 2.50 bits per heavy atom. The molecule has 156 valence electrons. The van der Waals surface area contributed by atoms with E-state index in [1.54, 1.807) is 19.2 Å². The van der Waals surface area contributed by atoms with E-state index in [-0.39, 0.29) is 37.3 Å². The van der Waals surface area contributed by atoms with Gasteiger partial charge in [0.2, 0.25) is 5.92 Å². The molecule has 0 aliphatic carbocycles. The summed E-state index contributed by atoms with van der Waals surface area (Å²) in [6, 6.07) is 16.2. The number of hydrogen-bond donors (Lipinski definition) is 2. The third-order valence-electron chi connectivity index (χ3n) is 4.79. The largest absolute Gasteiger partial charge is 0.496 e. The predicted octanol–water partition coefficient (Wildman–Crippen LogP) is 4.93. The molecule has 1 heterocycles. The molecule has 2 aromatic carbocycles. The molecule has 1 aliphatic heterocycles. The van der Waals surface area contributed by atoms with E-state index in [2.05, 4.69) is 22.8 Å². The van der Waals surface area contributed by atoms with Gasteiger partial charge in [-0.2, -0.15) is 0 Å². The van der Waals surface area contributed by atoms with Crippen LogP contribution in [0.2, 0.25) is 0 Å². The van der Waals surface area contributed by atoms with E-state index in [9.17, 15) is 8.78 Å². The van der Waals surface area contributed by atoms with Crippen molar-refractivity contribution in [2.45, 2.75) is 44.3 Å². The molecule has 1 aliphatic rings. The van der Waals surface area contributed by atoms with Crippen LogP contribution in [0, 0.1) is 0 Å². The molecule has 0 aromatic heterocycles. The summed E-state index contributed by atoms with van der Waals surface area (Å²) in [5.41, 5.74) is 2.79. The molecule has 7 heteroatoms. The zero-order chi connectivity index (χ0) is 18.6. The lowest BCUT2D eigenvalue weighted by molar-refractivity contribution is 0.0226. The van der Waals surface area contributed by atoms with Crippen LogP contribution in [0.5, 0.6) is 5.75 Å². The molecule has 1 saturated heterocycles. The molecular weight excluding hydrogens is 405 g/mol. The lowest BCUT2D eigenvalue weighted by Crippen LogP contribution is -2.34. The molecule has 0 amide bonds. The van der Waals surface area contributed by atoms with Gasteiger partial charge >= 0.3 is 0 Å². The average molecular weight is 433 g/mol. The molecule has 2 unspecified atom stereocenters. The van der Waals surface area contributed by atoms with Crippen molar-refractivity contribution in [1.82, 2.24) is 10.6 Å². The van der Waals surface area contributed by atoms with Gasteiger partial charge in [-0.15, -0.1) is 24.8 Å². The van der Waals surface area contributed by atoms with E-state index < -0.39 is 5.92 Å². The number of nitrogens with one attached hydrogen (secondary N) is 2. The molecule has 0 saturated carbocycles. The summed E-state index contributed by atoms with van der Waals surface area (Å²) in [4.78, 5) is 0. The molecule has 0 bridgehead atoms. The van der Waals surface area contributed by atoms with Crippen molar-refractivity contribution < 1.29 is 13.5 Å². The van der Waals surface area contributed by atoms with Gasteiger partial charge in [0.25, 0.3) is 0 Å². The van der Waals surface area contributed by atoms with Crippen LogP contribution >= 0.6 is 24.8 Å². The number of benzene rings is 2. The van der Waals surface area contributed by atoms with E-state index in [4.69, 9.17) is 4.74 Å². The van der Waals surface area contributed by atoms with Crippen molar-refractivity contribution in [1.29, 1.82) is 0 Å². The highest BCUT2D eigenvalue weighted by Crippen LogP contribution is 2.27. The van der Waals surface area contributed by atoms with Crippen molar-refractivity contribution in [3.8, 4) is 5.75 Å². The molecule has 0 radical (unpaired) electrons. The first-order valence-corrected chi connectivity index (χ1v) is 9.01. The molecule has 2 N–H and O–H groups in total. The minimum atomic E-state index is -2.72. The lowest BCUT2D eigenvalue weighted by Gasteiger charge is -2.22. The Morgan fingerprint density at radius 1 is 1.14 bits per heavy atom. The summed E-state index contributed by atoms with van der Waals surface area (Å²) >= 11 is 0. The van der Waals surface area contributed by atoms with Crippen LogP contribution in [0.15, 0.2) is 48.5 Å². The van der Waals surface area contributed by atoms with Crippen LogP contribution in [0.4, 0.5) is 8.78 Å². The number of ether oxygens (including phenoxy) is 1. The van der Waals surface area contributed by atoms with E-state index in [0.29, 0.717) is 18.2 Å². The summed E-state index contributed by atoms with van der Waals surface area (Å²) in [5, 5.41) is 7.12. The van der Waals surface area contributed by atoms with Crippen molar-refractivity contribution in [2.24, 2.45) is 0 Å². The molecular formula is C21H28Cl2F2N2O. The van der Waals surface area contributed by atoms with E-state index in [0.717, 1.165) is 31.2 Å². The summed E-state index contributed by atoms with van der Waals surface area (Å²) in [6.45, 7) is 2.49. The first-order chi connectivity index (χ1) is 12.5. The summed E-state index contributed by atoms with van der Waals surface area (Å²) < 4.78 is 32.1. The molecule has 1 fully saturated rings. The first-order valence-electron chi connectivity index (χ1n) is 9.01. The quantitative estimate of drug-likeness (QED) is 0.650. The van der Waals surface area contributed by atoms with Crippen molar-refractivity contribution in [3.05, 3.63) is 65.2 Å². The predicted molar refractivity (Wildman–Crippen MR) is 114 cm³/mol. The third kappa shape index (κ3) is 6.59. The molecule has 0 spiro atoms. The second kappa shape index (κ2) is 11.0. The van der Waals surface area contributed by atoms with Gasteiger partial charge in [-0.1, -0.05) is 42.5 Å². The Morgan fingerprint density at radius 2 is 1.86 bits per heavy atom. The maximum atomic E-state index is 13.3. The second-order valence-electron chi connectivity index (χ2n) is 7.01. The zero-order valence-electron chi connectivity index (χ0n) is 16.1. The Kier molecular flexibility index (Phi) is 9.64. The highest BCUT2D eigenvalue weighted by Gasteiger charge is 2.28. The average Bonchev–Trinajstić information content (AvgIpc) is 3.08. The minimum absolute atomic E-state index is 0. The summed E-state index contributed by atoms with van der Waals surface area (Å²) in [7, 11) is 1.61. The second-order valence-corrected chi connectivity index (χ2v) is 7.01. The maximum absolute atomic E-state index is 13.3. The molecule has 2 aromatic rings. The maximum Gasteiger partial charge on any atom is 0.249 e. The van der Waals surface area contributed by atoms with Crippen LogP contribution in [0.25, 0.3) is 0 Å². The van der Waals surface area contributed by atoms with Crippen molar-refractivity contribution in [3.63, 3.8) is 0 Å². The Hall–Kier alpha value is -1.40. The van der Waals surface area contributed by atoms with Crippen LogP contribution in [-0.2, 0) is 13.0 Å². The van der Waals surface area contributed by atoms with Crippen LogP contribution < -0.4 is 15.4 Å². The highest BCUT2D eigenvalue weighted by molar-refractivity contribution is 5.85. The van der Waals surface area contributed by atoms with Gasteiger partial charge in [-0.05, 0) is 37.1 Å². The smallest absolute Gasteiger partial charge is 0.249 e. The Labute approximate surface area is 178 Å². The number of alkyl halides is 2. The van der Waals surface area contributed by atoms with E-state index in [1.807, 2.05) is 24.3 Å². The minimum Gasteiger partial charge on any atom is -0.496 e. The number of halogens is 4. The monoisotopic (exact) mass is 432 g/mol. The fourth-order valence-electron chi connectivity index (χ4n) is 3.61. The fourth-order valence-corrected chi connectivity index (χ4v) is 3.61. The van der Waals surface area contributed by atoms with Crippen LogP contribution in [-0.4, -0.2) is 25.6 Å². The van der Waals surface area contributed by atoms with Gasteiger partial charge in [0.1, 0.15) is 5.75 Å². The Bertz CT molecular complexity index is 726. The normalized spacial score (nSPS) is 18.9. The number of methoxy groups -OCH3 is 1. The standard InChI is InChI=1S/C21H26F2N2O.2ClH/c1-21(22,23)13-15-8-9-19(26-2)17(12-15)14-25-18-10-11-24-20(18)16-6-4-3-5-7-16;;/h3-9,12,18,20,24-25H,10-11,13-14H2,1-2H3;2*1H. The zero-order valence-corrected chi connectivity index (χ0v) is 17.7. The highest BCUT2D eigenvalue weighted by atomic mass is 35.5. The van der Waals surface area contributed by atoms with Gasteiger partial charge in [0.05, 0.1) is 7.11 Å². The first kappa shape index (κ1) is 24.6. The van der Waals surface area contributed by atoms with Gasteiger partial charge in [-0.3, -0.25) is 0 Å². The molecule has 3 nitrogen and oxygen atoms in total. The molecule has 2 atom stereocenters. The van der Waals surface area contributed by atoms with Crippen LogP contribution in [0.3, 0.4) is 0 Å². The third-order valence-corrected chi connectivity index (χ3v) is 4.79. The van der Waals surface area contributed by atoms with Gasteiger partial charge in [0, 0.05) is 30.6 Å². The summed E-state index contributed by atoms with van der Waals surface area (Å²) in [6.07, 6.45) is 0.760. The Balaban J connectivity index is 0.00000196. The molecule has 3 rings (SSSR count). The lowest BCUT2D eigenvalue weighted by atomic mass is 10.00. The van der Waals surface area contributed by atoms with Gasteiger partial charge < -0.3 is 15.4 Å². The SMILES string of the molecule is COc1ccc(CC(C)(F)F)cc1CNC1CCNC1c1ccccc1.Cl.Cl. The van der Waals surface area contributed by atoms with Gasteiger partial charge in [-0.25, -0.2) is 8.78 Å². The van der Waals surface area contributed by atoms with Crippen LogP contribution in [0.1, 0.15) is 36.1 Å². The van der Waals surface area contributed by atoms with E-state index in [1.165, 1.54) is 5.56 Å². The summed E-state index contributed by atoms with van der Waals surface area (Å²) in [5.74, 6) is -1.99. The fraction of sp³-hybridized carbons (Fsp3) is 0.429. The van der Waals surface area contributed by atoms with Crippen molar-refractivity contribution >= 4 is 24.8 Å².